The van der Waals surface area contributed by atoms with Crippen LogP contribution in [0.3, 0.4) is 0 Å². The van der Waals surface area contributed by atoms with Gasteiger partial charge in [0.25, 0.3) is 0 Å². The highest BCUT2D eigenvalue weighted by atomic mass is 16.4. The SMILES string of the molecule is O=C(O)c1ccccc1-c1ccc(CN2CCCCCC2=O)cc1. The monoisotopic (exact) mass is 323 g/mol. The molecule has 0 saturated carbocycles. The highest BCUT2D eigenvalue weighted by molar-refractivity contribution is 5.96. The zero-order chi connectivity index (χ0) is 16.9. The first-order valence-electron chi connectivity index (χ1n) is 8.34. The lowest BCUT2D eigenvalue weighted by molar-refractivity contribution is -0.131. The van der Waals surface area contributed by atoms with Gasteiger partial charge in [0.15, 0.2) is 0 Å². The Bertz CT molecular complexity index is 737. The molecule has 0 unspecified atom stereocenters. The van der Waals surface area contributed by atoms with Gasteiger partial charge in [-0.2, -0.15) is 0 Å². The zero-order valence-electron chi connectivity index (χ0n) is 13.6. The maximum atomic E-state index is 12.1. The van der Waals surface area contributed by atoms with Gasteiger partial charge in [0.1, 0.15) is 0 Å². The van der Waals surface area contributed by atoms with Gasteiger partial charge < -0.3 is 10.0 Å². The Morgan fingerprint density at radius 2 is 1.75 bits per heavy atom. The minimum atomic E-state index is -0.926. The van der Waals surface area contributed by atoms with Crippen molar-refractivity contribution >= 4 is 11.9 Å². The van der Waals surface area contributed by atoms with Gasteiger partial charge in [0.05, 0.1) is 5.56 Å². The molecular weight excluding hydrogens is 302 g/mol. The van der Waals surface area contributed by atoms with Gasteiger partial charge in [-0.25, -0.2) is 4.79 Å². The molecule has 1 saturated heterocycles. The van der Waals surface area contributed by atoms with Gasteiger partial charge in [-0.05, 0) is 35.6 Å². The minimum absolute atomic E-state index is 0.229. The molecule has 0 bridgehead atoms. The Kier molecular flexibility index (Phi) is 4.94. The van der Waals surface area contributed by atoms with Gasteiger partial charge in [-0.3, -0.25) is 4.79 Å². The summed E-state index contributed by atoms with van der Waals surface area (Å²) < 4.78 is 0. The number of carboxylic acid groups (broad SMARTS) is 1. The third-order valence-electron chi connectivity index (χ3n) is 4.47. The smallest absolute Gasteiger partial charge is 0.336 e. The highest BCUT2D eigenvalue weighted by Crippen LogP contribution is 2.25. The molecule has 1 aliphatic rings. The first kappa shape index (κ1) is 16.2. The Labute approximate surface area is 141 Å². The molecule has 1 fully saturated rings. The van der Waals surface area contributed by atoms with E-state index in [2.05, 4.69) is 0 Å². The summed E-state index contributed by atoms with van der Waals surface area (Å²) in [5.74, 6) is -0.697. The van der Waals surface area contributed by atoms with Crippen molar-refractivity contribution in [3.8, 4) is 11.1 Å². The molecule has 2 aromatic rings. The first-order valence-corrected chi connectivity index (χ1v) is 8.34. The number of amides is 1. The molecule has 0 aliphatic carbocycles. The molecule has 1 N–H and O–H groups in total. The largest absolute Gasteiger partial charge is 0.478 e. The number of aromatic carboxylic acids is 1. The second-order valence-electron chi connectivity index (χ2n) is 6.17. The molecule has 3 rings (SSSR count). The number of carbonyl (C=O) groups excluding carboxylic acids is 1. The standard InChI is InChI=1S/C20H21NO3/c22-19-8-2-1-5-13-21(19)14-15-9-11-16(12-10-15)17-6-3-4-7-18(17)20(23)24/h3-4,6-7,9-12H,1-2,5,8,13-14H2,(H,23,24). The summed E-state index contributed by atoms with van der Waals surface area (Å²) in [6, 6.07) is 14.8. The molecule has 1 amide bonds. The van der Waals surface area contributed by atoms with E-state index in [1.54, 1.807) is 12.1 Å². The molecule has 1 heterocycles. The number of carbonyl (C=O) groups is 2. The predicted octanol–water partition coefficient (Wildman–Crippen LogP) is 3.95. The van der Waals surface area contributed by atoms with Crippen LogP contribution in [0.15, 0.2) is 48.5 Å². The molecule has 24 heavy (non-hydrogen) atoms. The zero-order valence-corrected chi connectivity index (χ0v) is 13.6. The van der Waals surface area contributed by atoms with Crippen LogP contribution < -0.4 is 0 Å². The van der Waals surface area contributed by atoms with Gasteiger partial charge in [-0.15, -0.1) is 0 Å². The van der Waals surface area contributed by atoms with E-state index >= 15 is 0 Å². The fourth-order valence-corrected chi connectivity index (χ4v) is 3.14. The van der Waals surface area contributed by atoms with Gasteiger partial charge in [-0.1, -0.05) is 48.9 Å². The molecule has 1 aliphatic heterocycles. The van der Waals surface area contributed by atoms with Crippen molar-refractivity contribution in [2.45, 2.75) is 32.2 Å². The van der Waals surface area contributed by atoms with E-state index in [1.807, 2.05) is 41.3 Å². The van der Waals surface area contributed by atoms with Gasteiger partial charge in [0, 0.05) is 19.5 Å². The molecule has 0 atom stereocenters. The lowest BCUT2D eigenvalue weighted by atomic mass is 9.98. The van der Waals surface area contributed by atoms with Crippen LogP contribution in [0.1, 0.15) is 41.6 Å². The van der Waals surface area contributed by atoms with E-state index in [-0.39, 0.29) is 5.91 Å². The van der Waals surface area contributed by atoms with E-state index in [9.17, 15) is 14.7 Å². The maximum absolute atomic E-state index is 12.1. The van der Waals surface area contributed by atoms with Crippen molar-refractivity contribution in [1.29, 1.82) is 0 Å². The number of hydrogen-bond donors (Lipinski definition) is 1. The van der Waals surface area contributed by atoms with Crippen molar-refractivity contribution in [3.63, 3.8) is 0 Å². The van der Waals surface area contributed by atoms with E-state index in [4.69, 9.17) is 0 Å². The van der Waals surface area contributed by atoms with E-state index < -0.39 is 5.97 Å². The highest BCUT2D eigenvalue weighted by Gasteiger charge is 2.17. The summed E-state index contributed by atoms with van der Waals surface area (Å²) in [6.07, 6.45) is 3.81. The van der Waals surface area contributed by atoms with Crippen molar-refractivity contribution in [2.75, 3.05) is 6.54 Å². The number of carboxylic acids is 1. The Morgan fingerprint density at radius 1 is 1.00 bits per heavy atom. The minimum Gasteiger partial charge on any atom is -0.478 e. The van der Waals surface area contributed by atoms with Crippen LogP contribution in [0.5, 0.6) is 0 Å². The summed E-state index contributed by atoms with van der Waals surface area (Å²) in [5, 5.41) is 9.31. The van der Waals surface area contributed by atoms with Crippen LogP contribution in [-0.2, 0) is 11.3 Å². The Hall–Kier alpha value is -2.62. The fraction of sp³-hybridized carbons (Fsp3) is 0.300. The third-order valence-corrected chi connectivity index (χ3v) is 4.47. The summed E-state index contributed by atoms with van der Waals surface area (Å²) in [4.78, 5) is 25.4. The number of nitrogens with zero attached hydrogens (tertiary/aromatic N) is 1. The van der Waals surface area contributed by atoms with Crippen molar-refractivity contribution < 1.29 is 14.7 Å². The van der Waals surface area contributed by atoms with Crippen molar-refractivity contribution in [3.05, 3.63) is 59.7 Å². The number of rotatable bonds is 4. The number of hydrogen-bond acceptors (Lipinski definition) is 2. The second-order valence-corrected chi connectivity index (χ2v) is 6.17. The van der Waals surface area contributed by atoms with Gasteiger partial charge >= 0.3 is 5.97 Å². The summed E-state index contributed by atoms with van der Waals surface area (Å²) in [7, 11) is 0. The number of likely N-dealkylation sites (tertiary alicyclic amines) is 1. The van der Waals surface area contributed by atoms with Gasteiger partial charge in [0.2, 0.25) is 5.91 Å². The summed E-state index contributed by atoms with van der Waals surface area (Å²) in [6.45, 7) is 1.45. The maximum Gasteiger partial charge on any atom is 0.336 e. The van der Waals surface area contributed by atoms with Crippen LogP contribution in [0.4, 0.5) is 0 Å². The molecule has 0 radical (unpaired) electrons. The second kappa shape index (κ2) is 7.30. The molecule has 0 spiro atoms. The Balaban J connectivity index is 1.79. The van der Waals surface area contributed by atoms with Crippen molar-refractivity contribution in [2.24, 2.45) is 0 Å². The summed E-state index contributed by atoms with van der Waals surface area (Å²) >= 11 is 0. The van der Waals surface area contributed by atoms with Crippen LogP contribution in [0, 0.1) is 0 Å². The van der Waals surface area contributed by atoms with Crippen LogP contribution >= 0.6 is 0 Å². The molecule has 124 valence electrons. The number of benzene rings is 2. The predicted molar refractivity (Wildman–Crippen MR) is 92.7 cm³/mol. The normalized spacial score (nSPS) is 15.2. The van der Waals surface area contributed by atoms with Crippen LogP contribution in [-0.4, -0.2) is 28.4 Å². The van der Waals surface area contributed by atoms with E-state index in [0.717, 1.165) is 36.9 Å². The lowest BCUT2D eigenvalue weighted by Crippen LogP contribution is -2.29. The van der Waals surface area contributed by atoms with Crippen LogP contribution in [0.25, 0.3) is 11.1 Å². The van der Waals surface area contributed by atoms with Crippen molar-refractivity contribution in [1.82, 2.24) is 4.90 Å². The fourth-order valence-electron chi connectivity index (χ4n) is 3.14. The quantitative estimate of drug-likeness (QED) is 0.926. The van der Waals surface area contributed by atoms with E-state index in [1.165, 1.54) is 0 Å². The van der Waals surface area contributed by atoms with Crippen LogP contribution in [0.2, 0.25) is 0 Å². The third kappa shape index (κ3) is 3.65. The average molecular weight is 323 g/mol. The summed E-state index contributed by atoms with van der Waals surface area (Å²) in [5.41, 5.74) is 2.95. The lowest BCUT2D eigenvalue weighted by Gasteiger charge is -2.20. The molecule has 0 aromatic heterocycles. The average Bonchev–Trinajstić information content (AvgIpc) is 2.80. The topological polar surface area (TPSA) is 57.6 Å². The molecule has 4 nitrogen and oxygen atoms in total. The molecule has 2 aromatic carbocycles. The van der Waals surface area contributed by atoms with E-state index in [0.29, 0.717) is 24.1 Å². The molecular formula is C20H21NO3. The Morgan fingerprint density at radius 3 is 2.50 bits per heavy atom. The molecule has 4 heteroatoms. The first-order chi connectivity index (χ1) is 11.6.